The average molecular weight is 496 g/mol. The molecule has 7 nitrogen and oxygen atoms in total. The molecule has 0 aliphatic carbocycles. The molecule has 0 radical (unpaired) electrons. The highest BCUT2D eigenvalue weighted by atomic mass is 35.5. The summed E-state index contributed by atoms with van der Waals surface area (Å²) < 4.78 is 6.49. The van der Waals surface area contributed by atoms with Crippen molar-refractivity contribution >= 4 is 35.0 Å². The second kappa shape index (κ2) is 9.19. The van der Waals surface area contributed by atoms with Crippen LogP contribution in [0.1, 0.15) is 61.8 Å². The molecule has 5 rings (SSSR count). The summed E-state index contributed by atoms with van der Waals surface area (Å²) in [6, 6.07) is 10.8. The highest BCUT2D eigenvalue weighted by Gasteiger charge is 2.56. The number of ether oxygens (including phenoxy) is 1. The maximum absolute atomic E-state index is 13.5. The minimum absolute atomic E-state index is 0.0453. The number of likely N-dealkylation sites (tertiary alicyclic amines) is 1. The largest absolute Gasteiger partial charge is 0.490 e. The Bertz CT molecular complexity index is 1190. The number of hydrogen-bond acceptors (Lipinski definition) is 4. The molecule has 35 heavy (non-hydrogen) atoms. The van der Waals surface area contributed by atoms with Crippen molar-refractivity contribution < 1.29 is 19.1 Å². The number of fused-ring (bicyclic) bond motifs is 2. The molecule has 3 amide bonds. The summed E-state index contributed by atoms with van der Waals surface area (Å²) in [6.07, 6.45) is 2.60. The molecule has 2 saturated heterocycles. The Hall–Kier alpha value is -3.06. The van der Waals surface area contributed by atoms with Crippen molar-refractivity contribution in [2.75, 3.05) is 18.4 Å². The van der Waals surface area contributed by atoms with Gasteiger partial charge in [-0.1, -0.05) is 42.3 Å². The smallest absolute Gasteiger partial charge is 0.237 e. The molecular formula is C27H30ClN3O4. The van der Waals surface area contributed by atoms with Gasteiger partial charge in [0.2, 0.25) is 17.7 Å². The fraction of sp³-hybridized carbons (Fsp3) is 0.444. The van der Waals surface area contributed by atoms with Gasteiger partial charge in [0.15, 0.2) is 0 Å². The Kier molecular flexibility index (Phi) is 6.21. The maximum atomic E-state index is 13.5. The van der Waals surface area contributed by atoms with Gasteiger partial charge in [-0.05, 0) is 37.1 Å². The molecule has 1 spiro atoms. The fourth-order valence-electron chi connectivity index (χ4n) is 5.68. The quantitative estimate of drug-likeness (QED) is 0.663. The summed E-state index contributed by atoms with van der Waals surface area (Å²) >= 11 is 6.20. The Morgan fingerprint density at radius 3 is 2.69 bits per heavy atom. The van der Waals surface area contributed by atoms with Crippen LogP contribution < -0.4 is 15.4 Å². The molecule has 0 unspecified atom stereocenters. The lowest BCUT2D eigenvalue weighted by Crippen LogP contribution is -2.52. The molecule has 8 heteroatoms. The van der Waals surface area contributed by atoms with Crippen molar-refractivity contribution in [2.24, 2.45) is 0 Å². The molecule has 2 fully saturated rings. The molecule has 3 aliphatic heterocycles. The third-order valence-electron chi connectivity index (χ3n) is 7.53. The topological polar surface area (TPSA) is 87.7 Å². The van der Waals surface area contributed by atoms with Gasteiger partial charge in [0.25, 0.3) is 0 Å². The third kappa shape index (κ3) is 4.16. The standard InChI is InChI=1S/C27H30ClN3O4/c1-3-24(33)31-12-9-18(10-13-31)35-22-7-4-16(2)14-19(22)25-27(11-8-23(32)30-25)20-6-5-17(28)15-21(20)29-26(27)34/h4-7,14-15,18,25H,3,8-13H2,1-2H3,(H,29,34)(H,30,32)/t25-,27-/m1/s1. The van der Waals surface area contributed by atoms with E-state index < -0.39 is 11.5 Å². The van der Waals surface area contributed by atoms with Gasteiger partial charge in [0, 0.05) is 55.0 Å². The van der Waals surface area contributed by atoms with Crippen LogP contribution in [0.4, 0.5) is 5.69 Å². The predicted molar refractivity (Wildman–Crippen MR) is 134 cm³/mol. The molecule has 3 aliphatic rings. The molecule has 2 aromatic rings. The Morgan fingerprint density at radius 1 is 1.17 bits per heavy atom. The first-order chi connectivity index (χ1) is 16.8. The zero-order valence-corrected chi connectivity index (χ0v) is 20.8. The van der Waals surface area contributed by atoms with Crippen LogP contribution in [0.5, 0.6) is 5.75 Å². The first-order valence-corrected chi connectivity index (χ1v) is 12.7. The Labute approximate surface area is 210 Å². The van der Waals surface area contributed by atoms with E-state index in [1.54, 1.807) is 12.1 Å². The van der Waals surface area contributed by atoms with E-state index in [1.165, 1.54) is 0 Å². The predicted octanol–water partition coefficient (Wildman–Crippen LogP) is 4.27. The number of anilines is 1. The number of hydrogen-bond donors (Lipinski definition) is 2. The zero-order valence-electron chi connectivity index (χ0n) is 20.0. The van der Waals surface area contributed by atoms with Crippen LogP contribution in [0.2, 0.25) is 5.02 Å². The van der Waals surface area contributed by atoms with Crippen LogP contribution in [-0.4, -0.2) is 41.8 Å². The third-order valence-corrected chi connectivity index (χ3v) is 7.76. The van der Waals surface area contributed by atoms with Crippen molar-refractivity contribution in [2.45, 2.75) is 63.5 Å². The van der Waals surface area contributed by atoms with Gasteiger partial charge in [0.1, 0.15) is 17.3 Å². The van der Waals surface area contributed by atoms with E-state index in [0.717, 1.165) is 29.5 Å². The first kappa shape index (κ1) is 23.7. The van der Waals surface area contributed by atoms with E-state index in [2.05, 4.69) is 10.6 Å². The molecule has 184 valence electrons. The van der Waals surface area contributed by atoms with Crippen LogP contribution in [-0.2, 0) is 19.8 Å². The molecule has 2 atom stereocenters. The number of benzene rings is 2. The monoisotopic (exact) mass is 495 g/mol. The molecule has 0 saturated carbocycles. The number of piperidine rings is 2. The Balaban J connectivity index is 1.50. The van der Waals surface area contributed by atoms with Crippen molar-refractivity contribution in [3.05, 3.63) is 58.1 Å². The minimum atomic E-state index is -0.948. The average Bonchev–Trinajstić information content (AvgIpc) is 3.12. The molecule has 0 aromatic heterocycles. The summed E-state index contributed by atoms with van der Waals surface area (Å²) in [4.78, 5) is 40.1. The second-order valence-electron chi connectivity index (χ2n) is 9.71. The number of rotatable bonds is 4. The van der Waals surface area contributed by atoms with Gasteiger partial charge < -0.3 is 20.3 Å². The molecule has 2 aromatic carbocycles. The molecule has 3 heterocycles. The summed E-state index contributed by atoms with van der Waals surface area (Å²) in [5.41, 5.74) is 2.39. The van der Waals surface area contributed by atoms with Gasteiger partial charge in [-0.25, -0.2) is 0 Å². The number of halogens is 1. The number of amides is 3. The summed E-state index contributed by atoms with van der Waals surface area (Å²) in [7, 11) is 0. The number of aryl methyl sites for hydroxylation is 1. The van der Waals surface area contributed by atoms with Gasteiger partial charge >= 0.3 is 0 Å². The van der Waals surface area contributed by atoms with E-state index in [9.17, 15) is 14.4 Å². The normalized spacial score (nSPS) is 24.2. The van der Waals surface area contributed by atoms with Crippen molar-refractivity contribution in [3.8, 4) is 5.75 Å². The zero-order chi connectivity index (χ0) is 24.7. The van der Waals surface area contributed by atoms with Crippen LogP contribution >= 0.6 is 11.6 Å². The van der Waals surface area contributed by atoms with E-state index in [4.69, 9.17) is 16.3 Å². The summed E-state index contributed by atoms with van der Waals surface area (Å²) in [5.74, 6) is 0.600. The van der Waals surface area contributed by atoms with Gasteiger partial charge in [-0.3, -0.25) is 14.4 Å². The van der Waals surface area contributed by atoms with E-state index >= 15 is 0 Å². The number of carbonyl (C=O) groups is 3. The number of nitrogens with one attached hydrogen (secondary N) is 2. The molecular weight excluding hydrogens is 466 g/mol. The SMILES string of the molecule is CCC(=O)N1CCC(Oc2ccc(C)cc2[C@H]2NC(=O)CC[C@]23C(=O)Nc2cc(Cl)ccc23)CC1. The number of carbonyl (C=O) groups excluding carboxylic acids is 3. The first-order valence-electron chi connectivity index (χ1n) is 12.3. The highest BCUT2D eigenvalue weighted by Crippen LogP contribution is 2.52. The molecule has 0 bridgehead atoms. The van der Waals surface area contributed by atoms with Gasteiger partial charge in [-0.2, -0.15) is 0 Å². The van der Waals surface area contributed by atoms with Gasteiger partial charge in [0.05, 0.1) is 6.04 Å². The lowest BCUT2D eigenvalue weighted by Gasteiger charge is -2.41. The lowest BCUT2D eigenvalue weighted by atomic mass is 9.67. The molecule has 2 N–H and O–H groups in total. The van der Waals surface area contributed by atoms with Crippen molar-refractivity contribution in [1.82, 2.24) is 10.2 Å². The summed E-state index contributed by atoms with van der Waals surface area (Å²) in [6.45, 7) is 5.20. The van der Waals surface area contributed by atoms with Crippen LogP contribution in [0.3, 0.4) is 0 Å². The van der Waals surface area contributed by atoms with Crippen LogP contribution in [0.15, 0.2) is 36.4 Å². The maximum Gasteiger partial charge on any atom is 0.237 e. The van der Waals surface area contributed by atoms with Crippen LogP contribution in [0.25, 0.3) is 0 Å². The fourth-order valence-corrected chi connectivity index (χ4v) is 5.85. The van der Waals surface area contributed by atoms with Gasteiger partial charge in [-0.15, -0.1) is 0 Å². The highest BCUT2D eigenvalue weighted by molar-refractivity contribution is 6.31. The minimum Gasteiger partial charge on any atom is -0.490 e. The summed E-state index contributed by atoms with van der Waals surface area (Å²) in [5, 5.41) is 6.66. The Morgan fingerprint density at radius 2 is 1.94 bits per heavy atom. The lowest BCUT2D eigenvalue weighted by molar-refractivity contribution is -0.132. The number of nitrogens with zero attached hydrogens (tertiary/aromatic N) is 1. The van der Waals surface area contributed by atoms with E-state index in [1.807, 2.05) is 43.0 Å². The second-order valence-corrected chi connectivity index (χ2v) is 10.1. The van der Waals surface area contributed by atoms with E-state index in [-0.39, 0.29) is 30.2 Å². The van der Waals surface area contributed by atoms with Crippen LogP contribution in [0, 0.1) is 6.92 Å². The van der Waals surface area contributed by atoms with Crippen molar-refractivity contribution in [1.29, 1.82) is 0 Å². The van der Waals surface area contributed by atoms with E-state index in [0.29, 0.717) is 42.4 Å². The van der Waals surface area contributed by atoms with Crippen molar-refractivity contribution in [3.63, 3.8) is 0 Å².